The highest BCUT2D eigenvalue weighted by atomic mass is 16.4. The van der Waals surface area contributed by atoms with E-state index in [9.17, 15) is 9.59 Å². The highest BCUT2D eigenvalue weighted by molar-refractivity contribution is 5.89. The Morgan fingerprint density at radius 2 is 1.50 bits per heavy atom. The fourth-order valence-electron chi connectivity index (χ4n) is 2.35. The number of aryl methyl sites for hydroxylation is 2. The normalized spacial score (nSPS) is 10.2. The van der Waals surface area contributed by atoms with Crippen LogP contribution in [-0.4, -0.2) is 23.7 Å². The van der Waals surface area contributed by atoms with Crippen molar-refractivity contribution in [3.63, 3.8) is 0 Å². The van der Waals surface area contributed by atoms with E-state index in [1.807, 2.05) is 30.3 Å². The Balaban J connectivity index is 1.72. The third-order valence-corrected chi connectivity index (χ3v) is 3.61. The summed E-state index contributed by atoms with van der Waals surface area (Å²) in [5, 5.41) is 13.7. The van der Waals surface area contributed by atoms with Gasteiger partial charge in [0.2, 0.25) is 0 Å². The van der Waals surface area contributed by atoms with Crippen molar-refractivity contribution in [3.8, 4) is 0 Å². The van der Waals surface area contributed by atoms with Crippen molar-refractivity contribution < 1.29 is 14.7 Å². The molecule has 2 amide bonds. The van der Waals surface area contributed by atoms with E-state index in [1.54, 1.807) is 0 Å². The number of hydrogen-bond donors (Lipinski definition) is 3. The molecule has 0 bridgehead atoms. The molecule has 2 rings (SSSR count). The van der Waals surface area contributed by atoms with Crippen LogP contribution in [0.3, 0.4) is 0 Å². The zero-order valence-electron chi connectivity index (χ0n) is 13.5. The lowest BCUT2D eigenvalue weighted by molar-refractivity contribution is -0.136. The van der Waals surface area contributed by atoms with Gasteiger partial charge in [-0.25, -0.2) is 4.79 Å². The van der Waals surface area contributed by atoms with E-state index in [1.165, 1.54) is 11.1 Å². The molecule has 126 valence electrons. The summed E-state index contributed by atoms with van der Waals surface area (Å²) in [5.41, 5.74) is 3.26. The molecular weight excluding hydrogens is 304 g/mol. The molecule has 2 aromatic rings. The molecule has 5 nitrogen and oxygen atoms in total. The fraction of sp³-hybridized carbons (Fsp3) is 0.263. The lowest BCUT2D eigenvalue weighted by atomic mass is 10.0. The topological polar surface area (TPSA) is 78.4 Å². The van der Waals surface area contributed by atoms with Gasteiger partial charge in [0.1, 0.15) is 0 Å². The first kappa shape index (κ1) is 17.5. The predicted molar refractivity (Wildman–Crippen MR) is 94.2 cm³/mol. The molecule has 0 aliphatic rings. The van der Waals surface area contributed by atoms with Crippen LogP contribution in [-0.2, 0) is 17.6 Å². The van der Waals surface area contributed by atoms with Crippen molar-refractivity contribution in [2.45, 2.75) is 25.7 Å². The minimum absolute atomic E-state index is 0.0895. The Morgan fingerprint density at radius 1 is 0.875 bits per heavy atom. The molecule has 24 heavy (non-hydrogen) atoms. The van der Waals surface area contributed by atoms with Gasteiger partial charge >= 0.3 is 12.0 Å². The second kappa shape index (κ2) is 9.35. The van der Waals surface area contributed by atoms with Crippen molar-refractivity contribution in [2.24, 2.45) is 0 Å². The zero-order valence-corrected chi connectivity index (χ0v) is 13.5. The van der Waals surface area contributed by atoms with Gasteiger partial charge in [0.05, 0.1) is 6.42 Å². The molecule has 0 saturated heterocycles. The van der Waals surface area contributed by atoms with Crippen LogP contribution >= 0.6 is 0 Å². The van der Waals surface area contributed by atoms with Crippen molar-refractivity contribution in [1.82, 2.24) is 5.32 Å². The van der Waals surface area contributed by atoms with Gasteiger partial charge in [0, 0.05) is 12.2 Å². The quantitative estimate of drug-likeness (QED) is 0.695. The van der Waals surface area contributed by atoms with Gasteiger partial charge in [-0.2, -0.15) is 0 Å². The minimum atomic E-state index is -0.935. The van der Waals surface area contributed by atoms with Crippen molar-refractivity contribution >= 4 is 17.7 Å². The highest BCUT2D eigenvalue weighted by Gasteiger charge is 2.03. The molecule has 0 aliphatic heterocycles. The Morgan fingerprint density at radius 3 is 2.12 bits per heavy atom. The van der Waals surface area contributed by atoms with E-state index < -0.39 is 12.0 Å². The van der Waals surface area contributed by atoms with Crippen LogP contribution in [0.2, 0.25) is 0 Å². The molecular formula is C19H22N2O3. The first-order valence-electron chi connectivity index (χ1n) is 8.03. The maximum Gasteiger partial charge on any atom is 0.319 e. The third-order valence-electron chi connectivity index (χ3n) is 3.61. The van der Waals surface area contributed by atoms with E-state index in [0.717, 1.165) is 19.3 Å². The number of rotatable bonds is 8. The Labute approximate surface area is 141 Å². The molecule has 2 aromatic carbocycles. The number of amides is 2. The van der Waals surface area contributed by atoms with Crippen LogP contribution in [0, 0.1) is 0 Å². The Kier molecular flexibility index (Phi) is 6.83. The Bertz CT molecular complexity index is 654. The lowest BCUT2D eigenvalue weighted by Gasteiger charge is -2.08. The maximum absolute atomic E-state index is 11.6. The van der Waals surface area contributed by atoms with Gasteiger partial charge in [0.25, 0.3) is 0 Å². The van der Waals surface area contributed by atoms with Gasteiger partial charge in [-0.1, -0.05) is 42.5 Å². The second-order valence-electron chi connectivity index (χ2n) is 5.56. The van der Waals surface area contributed by atoms with Crippen LogP contribution in [0.1, 0.15) is 24.0 Å². The summed E-state index contributed by atoms with van der Waals surface area (Å²) < 4.78 is 0. The molecule has 0 unspecified atom stereocenters. The third kappa shape index (κ3) is 6.52. The predicted octanol–water partition coefficient (Wildman–Crippen LogP) is 3.46. The lowest BCUT2D eigenvalue weighted by Crippen LogP contribution is -2.30. The van der Waals surface area contributed by atoms with Gasteiger partial charge in [-0.15, -0.1) is 0 Å². The van der Waals surface area contributed by atoms with Crippen LogP contribution in [0.25, 0.3) is 0 Å². The molecule has 5 heteroatoms. The number of anilines is 1. The zero-order chi connectivity index (χ0) is 17.2. The fourth-order valence-corrected chi connectivity index (χ4v) is 2.35. The number of carbonyl (C=O) groups is 2. The average molecular weight is 326 g/mol. The van der Waals surface area contributed by atoms with E-state index in [2.05, 4.69) is 34.9 Å². The standard InChI is InChI=1S/C19H22N2O3/c22-18(23)13-14-20-19(24)21-17-11-9-16(10-12-17)8-4-7-15-5-2-1-3-6-15/h1-3,5-6,9-12H,4,7-8,13-14H2,(H,22,23)(H2,20,21,24). The number of carboxylic acid groups (broad SMARTS) is 1. The number of aliphatic carboxylic acids is 1. The van der Waals surface area contributed by atoms with Crippen molar-refractivity contribution in [1.29, 1.82) is 0 Å². The van der Waals surface area contributed by atoms with Crippen LogP contribution < -0.4 is 10.6 Å². The van der Waals surface area contributed by atoms with Gasteiger partial charge in [-0.05, 0) is 42.5 Å². The molecule has 0 heterocycles. The molecule has 0 aliphatic carbocycles. The van der Waals surface area contributed by atoms with E-state index in [4.69, 9.17) is 5.11 Å². The average Bonchev–Trinajstić information content (AvgIpc) is 2.57. The molecule has 0 fully saturated rings. The second-order valence-corrected chi connectivity index (χ2v) is 5.56. The molecule has 0 atom stereocenters. The van der Waals surface area contributed by atoms with Crippen LogP contribution in [0.4, 0.5) is 10.5 Å². The van der Waals surface area contributed by atoms with Gasteiger partial charge in [0.15, 0.2) is 0 Å². The number of urea groups is 1. The minimum Gasteiger partial charge on any atom is -0.481 e. The van der Waals surface area contributed by atoms with Crippen LogP contribution in [0.15, 0.2) is 54.6 Å². The number of benzene rings is 2. The molecule has 0 spiro atoms. The molecule has 0 aromatic heterocycles. The number of carbonyl (C=O) groups excluding carboxylic acids is 1. The monoisotopic (exact) mass is 326 g/mol. The summed E-state index contributed by atoms with van der Waals surface area (Å²) in [5.74, 6) is -0.935. The summed E-state index contributed by atoms with van der Waals surface area (Å²) in [6.07, 6.45) is 3.02. The number of hydrogen-bond acceptors (Lipinski definition) is 2. The molecule has 0 saturated carbocycles. The van der Waals surface area contributed by atoms with Crippen LogP contribution in [0.5, 0.6) is 0 Å². The summed E-state index contributed by atoms with van der Waals surface area (Å²) in [4.78, 5) is 22.0. The van der Waals surface area contributed by atoms with Gasteiger partial charge in [-0.3, -0.25) is 4.79 Å². The Hall–Kier alpha value is -2.82. The SMILES string of the molecule is O=C(O)CCNC(=O)Nc1ccc(CCCc2ccccc2)cc1. The summed E-state index contributed by atoms with van der Waals surface area (Å²) in [6, 6.07) is 17.7. The number of nitrogens with one attached hydrogen (secondary N) is 2. The summed E-state index contributed by atoms with van der Waals surface area (Å²) >= 11 is 0. The maximum atomic E-state index is 11.6. The van der Waals surface area contributed by atoms with Gasteiger partial charge < -0.3 is 15.7 Å². The number of carboxylic acids is 1. The first-order chi connectivity index (χ1) is 11.6. The van der Waals surface area contributed by atoms with E-state index >= 15 is 0 Å². The van der Waals surface area contributed by atoms with Crippen molar-refractivity contribution in [3.05, 3.63) is 65.7 Å². The largest absolute Gasteiger partial charge is 0.481 e. The smallest absolute Gasteiger partial charge is 0.319 e. The van der Waals surface area contributed by atoms with E-state index in [0.29, 0.717) is 5.69 Å². The summed E-state index contributed by atoms with van der Waals surface area (Å²) in [6.45, 7) is 0.110. The molecule has 0 radical (unpaired) electrons. The molecule has 3 N–H and O–H groups in total. The first-order valence-corrected chi connectivity index (χ1v) is 8.03. The highest BCUT2D eigenvalue weighted by Crippen LogP contribution is 2.12. The van der Waals surface area contributed by atoms with E-state index in [-0.39, 0.29) is 13.0 Å². The summed E-state index contributed by atoms with van der Waals surface area (Å²) in [7, 11) is 0. The van der Waals surface area contributed by atoms with Crippen molar-refractivity contribution in [2.75, 3.05) is 11.9 Å².